The molecule has 0 aliphatic heterocycles. The minimum absolute atomic E-state index is 0.963. The molecule has 1 unspecified atom stereocenters. The van der Waals surface area contributed by atoms with Crippen LogP contribution < -0.4 is 0 Å². The van der Waals surface area contributed by atoms with Gasteiger partial charge in [0.2, 0.25) is 0 Å². The van der Waals surface area contributed by atoms with Crippen LogP contribution in [0.4, 0.5) is 0 Å². The van der Waals surface area contributed by atoms with Gasteiger partial charge in [0.1, 0.15) is 0 Å². The Morgan fingerprint density at radius 3 is 2.12 bits per heavy atom. The molecular formula is C16H20S. The Hall–Kier alpha value is -0.430. The third-order valence-electron chi connectivity index (χ3n) is 5.38. The van der Waals surface area contributed by atoms with Crippen molar-refractivity contribution in [3.63, 3.8) is 0 Å². The fourth-order valence-electron chi connectivity index (χ4n) is 4.62. The first-order chi connectivity index (χ1) is 8.43. The molecule has 0 aromatic heterocycles. The molecule has 1 heteroatoms. The highest BCUT2D eigenvalue weighted by Gasteiger charge is 2.59. The molecule has 0 radical (unpaired) electrons. The minimum Gasteiger partial charge on any atom is -0.122 e. The van der Waals surface area contributed by atoms with Crippen molar-refractivity contribution < 1.29 is 0 Å². The molecule has 17 heavy (non-hydrogen) atoms. The van der Waals surface area contributed by atoms with Gasteiger partial charge in [0.25, 0.3) is 0 Å². The zero-order valence-electron chi connectivity index (χ0n) is 10.2. The maximum Gasteiger partial charge on any atom is 0.0157 e. The van der Waals surface area contributed by atoms with Gasteiger partial charge >= 0.3 is 0 Å². The fraction of sp³-hybridized carbons (Fsp3) is 0.625. The zero-order valence-corrected chi connectivity index (χ0v) is 11.0. The Bertz CT molecular complexity index is 381. The highest BCUT2D eigenvalue weighted by Crippen LogP contribution is 2.65. The van der Waals surface area contributed by atoms with Gasteiger partial charge in [0.15, 0.2) is 0 Å². The molecule has 1 aromatic rings. The highest BCUT2D eigenvalue weighted by molar-refractivity contribution is 8.00. The van der Waals surface area contributed by atoms with Gasteiger partial charge in [-0.15, -0.1) is 11.8 Å². The first kappa shape index (κ1) is 10.5. The summed E-state index contributed by atoms with van der Waals surface area (Å²) in [4.78, 5) is 1.49. The van der Waals surface area contributed by atoms with Crippen molar-refractivity contribution in [2.75, 3.05) is 0 Å². The lowest BCUT2D eigenvalue weighted by Crippen LogP contribution is -2.32. The van der Waals surface area contributed by atoms with Crippen LogP contribution in [0.3, 0.4) is 0 Å². The van der Waals surface area contributed by atoms with E-state index in [1.807, 2.05) is 0 Å². The van der Waals surface area contributed by atoms with Crippen molar-refractivity contribution in [3.05, 3.63) is 30.3 Å². The Kier molecular flexibility index (Phi) is 2.50. The molecule has 3 aliphatic rings. The van der Waals surface area contributed by atoms with Crippen molar-refractivity contribution in [1.29, 1.82) is 0 Å². The van der Waals surface area contributed by atoms with E-state index in [0.29, 0.717) is 0 Å². The Morgan fingerprint density at radius 2 is 1.47 bits per heavy atom. The summed E-state index contributed by atoms with van der Waals surface area (Å²) in [7, 11) is 0. The van der Waals surface area contributed by atoms with Gasteiger partial charge in [0, 0.05) is 10.1 Å². The van der Waals surface area contributed by atoms with Crippen LogP contribution in [0.15, 0.2) is 35.2 Å². The van der Waals surface area contributed by atoms with Crippen molar-refractivity contribution >= 4 is 11.8 Å². The summed E-state index contributed by atoms with van der Waals surface area (Å²) in [6, 6.07) is 11.0. The standard InChI is InChI=1S/C16H20S/c1-2-6-11(7-3-1)17-16-14-10-15(16)13-9-5-4-8-12(13)14/h1-3,6-7,12-16H,4-5,8-10H2/t12-,13+,14-,15+,16?. The molecule has 3 aliphatic carbocycles. The number of rotatable bonds is 2. The van der Waals surface area contributed by atoms with Gasteiger partial charge in [0.05, 0.1) is 0 Å². The monoisotopic (exact) mass is 244 g/mol. The topological polar surface area (TPSA) is 0 Å². The first-order valence-electron chi connectivity index (χ1n) is 7.15. The van der Waals surface area contributed by atoms with Crippen molar-refractivity contribution in [3.8, 4) is 0 Å². The van der Waals surface area contributed by atoms with Crippen LogP contribution in [-0.2, 0) is 0 Å². The first-order valence-corrected chi connectivity index (χ1v) is 8.03. The second-order valence-electron chi connectivity index (χ2n) is 6.07. The average molecular weight is 244 g/mol. The maximum atomic E-state index is 2.28. The molecule has 0 saturated heterocycles. The number of fused-ring (bicyclic) bond motifs is 5. The van der Waals surface area contributed by atoms with E-state index in [1.165, 1.54) is 30.6 Å². The van der Waals surface area contributed by atoms with E-state index < -0.39 is 0 Å². The molecular weight excluding hydrogens is 224 g/mol. The Balaban J connectivity index is 1.51. The molecule has 2 bridgehead atoms. The van der Waals surface area contributed by atoms with E-state index in [9.17, 15) is 0 Å². The maximum absolute atomic E-state index is 2.28. The smallest absolute Gasteiger partial charge is 0.0157 e. The molecule has 5 atom stereocenters. The summed E-state index contributed by atoms with van der Waals surface area (Å²) >= 11 is 2.18. The summed E-state index contributed by atoms with van der Waals surface area (Å²) in [6.45, 7) is 0. The van der Waals surface area contributed by atoms with Gasteiger partial charge in [-0.25, -0.2) is 0 Å². The number of hydrogen-bond donors (Lipinski definition) is 0. The van der Waals surface area contributed by atoms with Crippen molar-refractivity contribution in [2.24, 2.45) is 23.7 Å². The molecule has 1 aromatic carbocycles. The van der Waals surface area contributed by atoms with Crippen molar-refractivity contribution in [2.45, 2.75) is 42.2 Å². The van der Waals surface area contributed by atoms with Gasteiger partial charge in [-0.05, 0) is 55.1 Å². The van der Waals surface area contributed by atoms with Crippen LogP contribution in [0.1, 0.15) is 32.1 Å². The van der Waals surface area contributed by atoms with Crippen LogP contribution in [-0.4, -0.2) is 5.25 Å². The van der Waals surface area contributed by atoms with Crippen LogP contribution >= 0.6 is 11.8 Å². The second-order valence-corrected chi connectivity index (χ2v) is 7.32. The third kappa shape index (κ3) is 1.58. The summed E-state index contributed by atoms with van der Waals surface area (Å²) in [5.74, 6) is 4.34. The summed E-state index contributed by atoms with van der Waals surface area (Å²) in [5, 5.41) is 0.963. The van der Waals surface area contributed by atoms with Gasteiger partial charge in [-0.3, -0.25) is 0 Å². The summed E-state index contributed by atoms with van der Waals surface area (Å²) in [5.41, 5.74) is 0. The van der Waals surface area contributed by atoms with Crippen molar-refractivity contribution in [1.82, 2.24) is 0 Å². The largest absolute Gasteiger partial charge is 0.122 e. The predicted octanol–water partition coefficient (Wildman–Crippen LogP) is 4.60. The Morgan fingerprint density at radius 1 is 0.824 bits per heavy atom. The predicted molar refractivity (Wildman–Crippen MR) is 73.1 cm³/mol. The molecule has 3 fully saturated rings. The normalized spacial score (nSPS) is 42.9. The minimum atomic E-state index is 0.963. The fourth-order valence-corrected chi connectivity index (χ4v) is 6.23. The molecule has 3 saturated carbocycles. The van der Waals surface area contributed by atoms with Crippen LogP contribution in [0.5, 0.6) is 0 Å². The van der Waals surface area contributed by atoms with E-state index in [1.54, 1.807) is 6.42 Å². The molecule has 0 N–H and O–H groups in total. The highest BCUT2D eigenvalue weighted by atomic mass is 32.2. The van der Waals surface area contributed by atoms with E-state index in [0.717, 1.165) is 28.9 Å². The molecule has 0 nitrogen and oxygen atoms in total. The zero-order chi connectivity index (χ0) is 11.2. The molecule has 0 heterocycles. The van der Waals surface area contributed by atoms with Gasteiger partial charge in [-0.2, -0.15) is 0 Å². The number of hydrogen-bond acceptors (Lipinski definition) is 1. The molecule has 90 valence electrons. The molecule has 0 amide bonds. The van der Waals surface area contributed by atoms with Crippen LogP contribution in [0.25, 0.3) is 0 Å². The summed E-state index contributed by atoms with van der Waals surface area (Å²) < 4.78 is 0. The molecule has 4 rings (SSSR count). The number of thioether (sulfide) groups is 1. The number of benzene rings is 1. The lowest BCUT2D eigenvalue weighted by molar-refractivity contribution is 0.270. The van der Waals surface area contributed by atoms with Gasteiger partial charge < -0.3 is 0 Å². The lowest BCUT2D eigenvalue weighted by atomic mass is 9.81. The van der Waals surface area contributed by atoms with E-state index in [2.05, 4.69) is 42.1 Å². The SMILES string of the molecule is c1ccc(SC2[C@H]3C[C@@H]2[C@@H]2CCCC[C@@H]23)cc1. The molecule has 0 spiro atoms. The van der Waals surface area contributed by atoms with E-state index >= 15 is 0 Å². The quantitative estimate of drug-likeness (QED) is 0.732. The second kappa shape index (κ2) is 4.05. The van der Waals surface area contributed by atoms with E-state index in [4.69, 9.17) is 0 Å². The Labute approximate surface area is 108 Å². The lowest BCUT2D eigenvalue weighted by Gasteiger charge is -2.36. The van der Waals surface area contributed by atoms with Crippen LogP contribution in [0, 0.1) is 23.7 Å². The van der Waals surface area contributed by atoms with E-state index in [-0.39, 0.29) is 0 Å². The summed E-state index contributed by atoms with van der Waals surface area (Å²) in [6.07, 6.45) is 7.65. The average Bonchev–Trinajstić information content (AvgIpc) is 2.89. The third-order valence-corrected chi connectivity index (χ3v) is 6.89. The van der Waals surface area contributed by atoms with Crippen LogP contribution in [0.2, 0.25) is 0 Å². The van der Waals surface area contributed by atoms with Gasteiger partial charge in [-0.1, -0.05) is 31.0 Å².